The molecule has 3 rings (SSSR count). The van der Waals surface area contributed by atoms with Crippen LogP contribution in [0.2, 0.25) is 5.02 Å². The average Bonchev–Trinajstić information content (AvgIpc) is 2.91. The largest absolute Gasteiger partial charge is 0.456 e. The second-order valence-electron chi connectivity index (χ2n) is 5.12. The molecule has 0 saturated carbocycles. The highest BCUT2D eigenvalue weighted by atomic mass is 35.5. The minimum Gasteiger partial charge on any atom is -0.456 e. The van der Waals surface area contributed by atoms with Crippen molar-refractivity contribution >= 4 is 40.6 Å². The topological polar surface area (TPSA) is 39.2 Å². The van der Waals surface area contributed by atoms with Crippen LogP contribution in [0.1, 0.15) is 23.8 Å². The number of hydrogen-bond acceptors (Lipinski definition) is 2. The highest BCUT2D eigenvalue weighted by Crippen LogP contribution is 2.30. The SMILES string of the molecule is C=C(CC(N)c1ccccc1)c1cc2cc(Cl)ccc2o1.Cl. The van der Waals surface area contributed by atoms with Gasteiger partial charge in [-0.05, 0) is 41.8 Å². The molecule has 3 aromatic rings. The van der Waals surface area contributed by atoms with E-state index in [2.05, 4.69) is 6.58 Å². The smallest absolute Gasteiger partial charge is 0.134 e. The van der Waals surface area contributed by atoms with Crippen LogP contribution in [0.5, 0.6) is 0 Å². The van der Waals surface area contributed by atoms with Gasteiger partial charge in [0.2, 0.25) is 0 Å². The van der Waals surface area contributed by atoms with E-state index in [4.69, 9.17) is 21.8 Å². The molecule has 0 aliphatic rings. The maximum atomic E-state index is 6.23. The zero-order valence-corrected chi connectivity index (χ0v) is 13.5. The second-order valence-corrected chi connectivity index (χ2v) is 5.55. The molecule has 2 nitrogen and oxygen atoms in total. The first-order chi connectivity index (χ1) is 10.1. The molecule has 22 heavy (non-hydrogen) atoms. The summed E-state index contributed by atoms with van der Waals surface area (Å²) >= 11 is 5.99. The van der Waals surface area contributed by atoms with E-state index in [1.54, 1.807) is 0 Å². The first-order valence-electron chi connectivity index (χ1n) is 6.81. The Morgan fingerprint density at radius 2 is 1.86 bits per heavy atom. The van der Waals surface area contributed by atoms with Crippen LogP contribution in [-0.4, -0.2) is 0 Å². The van der Waals surface area contributed by atoms with Crippen LogP contribution in [-0.2, 0) is 0 Å². The summed E-state index contributed by atoms with van der Waals surface area (Å²) in [7, 11) is 0. The molecule has 0 aliphatic heterocycles. The second kappa shape index (κ2) is 7.01. The van der Waals surface area contributed by atoms with Crippen LogP contribution in [0.4, 0.5) is 0 Å². The Hall–Kier alpha value is -1.74. The molecule has 0 spiro atoms. The van der Waals surface area contributed by atoms with Gasteiger partial charge in [-0.3, -0.25) is 0 Å². The third kappa shape index (κ3) is 3.53. The van der Waals surface area contributed by atoms with E-state index < -0.39 is 0 Å². The first kappa shape index (κ1) is 16.6. The summed E-state index contributed by atoms with van der Waals surface area (Å²) in [6.07, 6.45) is 0.650. The summed E-state index contributed by atoms with van der Waals surface area (Å²) in [4.78, 5) is 0. The zero-order chi connectivity index (χ0) is 14.8. The molecule has 114 valence electrons. The van der Waals surface area contributed by atoms with Crippen molar-refractivity contribution in [3.8, 4) is 0 Å². The minimum atomic E-state index is -0.0875. The number of nitrogens with two attached hydrogens (primary N) is 1. The Morgan fingerprint density at radius 1 is 1.14 bits per heavy atom. The Bertz CT molecular complexity index is 780. The molecule has 1 aromatic heterocycles. The normalized spacial score (nSPS) is 11.9. The monoisotopic (exact) mass is 333 g/mol. The molecule has 1 atom stereocenters. The van der Waals surface area contributed by atoms with Gasteiger partial charge in [-0.25, -0.2) is 0 Å². The van der Waals surface area contributed by atoms with Crippen molar-refractivity contribution in [3.63, 3.8) is 0 Å². The third-order valence-electron chi connectivity index (χ3n) is 3.52. The molecule has 4 heteroatoms. The van der Waals surface area contributed by atoms with Crippen molar-refractivity contribution < 1.29 is 4.42 Å². The van der Waals surface area contributed by atoms with Crippen LogP contribution < -0.4 is 5.73 Å². The van der Waals surface area contributed by atoms with Crippen molar-refractivity contribution in [2.45, 2.75) is 12.5 Å². The molecule has 1 unspecified atom stereocenters. The number of rotatable bonds is 4. The summed E-state index contributed by atoms with van der Waals surface area (Å²) < 4.78 is 5.81. The molecule has 0 fully saturated rings. The molecule has 0 amide bonds. The van der Waals surface area contributed by atoms with E-state index in [1.807, 2.05) is 54.6 Å². The fourth-order valence-corrected chi connectivity index (χ4v) is 2.55. The summed E-state index contributed by atoms with van der Waals surface area (Å²) in [5.74, 6) is 0.763. The predicted molar refractivity (Wildman–Crippen MR) is 95.5 cm³/mol. The maximum absolute atomic E-state index is 6.23. The number of benzene rings is 2. The van der Waals surface area contributed by atoms with Gasteiger partial charge < -0.3 is 10.2 Å². The highest BCUT2D eigenvalue weighted by Gasteiger charge is 2.12. The predicted octanol–water partition coefficient (Wildman–Crippen LogP) is 5.61. The van der Waals surface area contributed by atoms with Gasteiger partial charge in [0.25, 0.3) is 0 Å². The van der Waals surface area contributed by atoms with Gasteiger partial charge in [0.1, 0.15) is 11.3 Å². The average molecular weight is 334 g/mol. The number of hydrogen-bond donors (Lipinski definition) is 1. The van der Waals surface area contributed by atoms with Crippen molar-refractivity contribution in [1.82, 2.24) is 0 Å². The van der Waals surface area contributed by atoms with Gasteiger partial charge in [-0.15, -0.1) is 12.4 Å². The lowest BCUT2D eigenvalue weighted by molar-refractivity contribution is 0.591. The van der Waals surface area contributed by atoms with Crippen LogP contribution in [0, 0.1) is 0 Å². The molecule has 0 aliphatic carbocycles. The van der Waals surface area contributed by atoms with Crippen molar-refractivity contribution in [3.05, 3.63) is 77.5 Å². The summed E-state index contributed by atoms with van der Waals surface area (Å²) in [5, 5.41) is 1.67. The molecule has 1 heterocycles. The van der Waals surface area contributed by atoms with E-state index in [0.29, 0.717) is 11.4 Å². The Balaban J connectivity index is 0.00000176. The Morgan fingerprint density at radius 3 is 2.59 bits per heavy atom. The van der Waals surface area contributed by atoms with E-state index in [-0.39, 0.29) is 18.4 Å². The van der Waals surface area contributed by atoms with E-state index in [1.165, 1.54) is 0 Å². The van der Waals surface area contributed by atoms with Crippen LogP contribution >= 0.6 is 24.0 Å². The van der Waals surface area contributed by atoms with Crippen molar-refractivity contribution in [1.29, 1.82) is 0 Å². The molecular weight excluding hydrogens is 317 g/mol. The Kier molecular flexibility index (Phi) is 5.30. The van der Waals surface area contributed by atoms with Gasteiger partial charge in [0, 0.05) is 16.5 Å². The standard InChI is InChI=1S/C18H16ClNO.ClH/c1-12(9-16(20)13-5-3-2-4-6-13)18-11-14-10-15(19)7-8-17(14)21-18;/h2-8,10-11,16H,1,9,20H2;1H. The Labute approximate surface area is 141 Å². The van der Waals surface area contributed by atoms with Crippen LogP contribution in [0.25, 0.3) is 16.5 Å². The van der Waals surface area contributed by atoms with E-state index in [9.17, 15) is 0 Å². The molecular formula is C18H17Cl2NO. The fraction of sp³-hybridized carbons (Fsp3) is 0.111. The first-order valence-corrected chi connectivity index (χ1v) is 7.19. The molecule has 2 N–H and O–H groups in total. The van der Waals surface area contributed by atoms with Crippen LogP contribution in [0.15, 0.2) is 65.6 Å². The van der Waals surface area contributed by atoms with Crippen molar-refractivity contribution in [2.24, 2.45) is 5.73 Å². The third-order valence-corrected chi connectivity index (χ3v) is 3.76. The zero-order valence-electron chi connectivity index (χ0n) is 12.0. The number of fused-ring (bicyclic) bond motifs is 1. The quantitative estimate of drug-likeness (QED) is 0.673. The fourth-order valence-electron chi connectivity index (χ4n) is 2.37. The number of furan rings is 1. The van der Waals surface area contributed by atoms with Crippen molar-refractivity contribution in [2.75, 3.05) is 0 Å². The molecule has 0 radical (unpaired) electrons. The summed E-state index contributed by atoms with van der Waals surface area (Å²) in [5.41, 5.74) is 9.02. The van der Waals surface area contributed by atoms with E-state index in [0.717, 1.165) is 27.9 Å². The molecule has 2 aromatic carbocycles. The number of halogens is 2. The van der Waals surface area contributed by atoms with E-state index >= 15 is 0 Å². The van der Waals surface area contributed by atoms with Crippen LogP contribution in [0.3, 0.4) is 0 Å². The molecule has 0 saturated heterocycles. The lowest BCUT2D eigenvalue weighted by atomic mass is 9.99. The lowest BCUT2D eigenvalue weighted by Crippen LogP contribution is -2.10. The van der Waals surface area contributed by atoms with Gasteiger partial charge in [0.15, 0.2) is 0 Å². The summed E-state index contributed by atoms with van der Waals surface area (Å²) in [6, 6.07) is 17.4. The highest BCUT2D eigenvalue weighted by molar-refractivity contribution is 6.31. The van der Waals surface area contributed by atoms with Gasteiger partial charge in [-0.2, -0.15) is 0 Å². The molecule has 0 bridgehead atoms. The summed E-state index contributed by atoms with van der Waals surface area (Å²) in [6.45, 7) is 4.10. The van der Waals surface area contributed by atoms with Gasteiger partial charge >= 0.3 is 0 Å². The minimum absolute atomic E-state index is 0. The van der Waals surface area contributed by atoms with Gasteiger partial charge in [0.05, 0.1) is 0 Å². The van der Waals surface area contributed by atoms with Gasteiger partial charge in [-0.1, -0.05) is 48.5 Å². The lowest BCUT2D eigenvalue weighted by Gasteiger charge is -2.12. The maximum Gasteiger partial charge on any atom is 0.134 e.